The lowest BCUT2D eigenvalue weighted by molar-refractivity contribution is -0.00120. The highest BCUT2D eigenvalue weighted by atomic mass is 35.5. The molecule has 0 radical (unpaired) electrons. The largest absolute Gasteiger partial charge is 0.441 e. The number of carbonyl (C=O) groups excluding carboxylic acids is 1. The number of para-hydroxylation sites is 1. The first kappa shape index (κ1) is 22.2. The molecule has 0 bridgehead atoms. The van der Waals surface area contributed by atoms with E-state index in [2.05, 4.69) is 4.90 Å². The fourth-order valence-electron chi connectivity index (χ4n) is 4.82. The van der Waals surface area contributed by atoms with Gasteiger partial charge in [-0.1, -0.05) is 29.8 Å². The van der Waals surface area contributed by atoms with Gasteiger partial charge in [-0.15, -0.1) is 0 Å². The van der Waals surface area contributed by atoms with E-state index in [1.807, 2.05) is 55.8 Å². The van der Waals surface area contributed by atoms with Crippen molar-refractivity contribution < 1.29 is 13.9 Å². The molecule has 2 aromatic carbocycles. The Morgan fingerprint density at radius 3 is 2.52 bits per heavy atom. The van der Waals surface area contributed by atoms with Crippen LogP contribution < -0.4 is 4.90 Å². The highest BCUT2D eigenvalue weighted by Gasteiger charge is 2.47. The summed E-state index contributed by atoms with van der Waals surface area (Å²) in [4.78, 5) is 16.6. The molecule has 1 aromatic heterocycles. The van der Waals surface area contributed by atoms with Gasteiger partial charge in [-0.05, 0) is 39.0 Å². The van der Waals surface area contributed by atoms with Gasteiger partial charge in [0.05, 0.1) is 28.3 Å². The molecule has 2 saturated heterocycles. The summed E-state index contributed by atoms with van der Waals surface area (Å²) >= 11 is 6.11. The summed E-state index contributed by atoms with van der Waals surface area (Å²) in [5, 5.41) is 5.83. The van der Waals surface area contributed by atoms with Crippen molar-refractivity contribution in [2.24, 2.45) is 0 Å². The number of rotatable bonds is 3. The highest BCUT2D eigenvalue weighted by Crippen LogP contribution is 2.37. The van der Waals surface area contributed by atoms with Crippen molar-refractivity contribution >= 4 is 34.3 Å². The van der Waals surface area contributed by atoms with Crippen LogP contribution in [0.2, 0.25) is 5.02 Å². The van der Waals surface area contributed by atoms with Gasteiger partial charge in [-0.25, -0.2) is 9.18 Å². The second-order valence-electron chi connectivity index (χ2n) is 10.1. The Balaban J connectivity index is 1.33. The predicted octanol–water partition coefficient (Wildman–Crippen LogP) is 5.58. The lowest BCUT2D eigenvalue weighted by atomic mass is 9.91. The van der Waals surface area contributed by atoms with Gasteiger partial charge in [-0.2, -0.15) is 5.10 Å². The van der Waals surface area contributed by atoms with Crippen LogP contribution >= 0.6 is 11.6 Å². The summed E-state index contributed by atoms with van der Waals surface area (Å²) in [5.74, 6) is -0.438. The number of nitrogens with zero attached hydrogens (tertiary/aromatic N) is 4. The van der Waals surface area contributed by atoms with E-state index in [1.54, 1.807) is 11.0 Å². The van der Waals surface area contributed by atoms with Crippen molar-refractivity contribution in [1.82, 2.24) is 14.7 Å². The molecule has 174 valence electrons. The van der Waals surface area contributed by atoms with Crippen molar-refractivity contribution in [3.05, 3.63) is 59.0 Å². The average Bonchev–Trinajstić information content (AvgIpc) is 3.28. The zero-order chi connectivity index (χ0) is 23.4. The van der Waals surface area contributed by atoms with Crippen molar-refractivity contribution in [2.75, 3.05) is 24.5 Å². The Morgan fingerprint density at radius 2 is 1.85 bits per heavy atom. The topological polar surface area (TPSA) is 50.6 Å². The van der Waals surface area contributed by atoms with Crippen molar-refractivity contribution in [1.29, 1.82) is 0 Å². The van der Waals surface area contributed by atoms with Crippen LogP contribution in [0.5, 0.6) is 0 Å². The molecule has 3 heterocycles. The third-order valence-corrected chi connectivity index (χ3v) is 6.90. The molecule has 0 unspecified atom stereocenters. The second kappa shape index (κ2) is 7.99. The Kier molecular flexibility index (Phi) is 5.37. The van der Waals surface area contributed by atoms with Crippen LogP contribution in [0, 0.1) is 5.82 Å². The number of piperidine rings is 1. The number of carbonyl (C=O) groups is 1. The van der Waals surface area contributed by atoms with Crippen LogP contribution in [-0.2, 0) is 16.8 Å². The van der Waals surface area contributed by atoms with Crippen LogP contribution in [0.3, 0.4) is 0 Å². The van der Waals surface area contributed by atoms with E-state index >= 15 is 0 Å². The Labute approximate surface area is 197 Å². The molecule has 0 atom stereocenters. The monoisotopic (exact) mass is 470 g/mol. The summed E-state index contributed by atoms with van der Waals surface area (Å²) in [6.07, 6.45) is 1.24. The fourth-order valence-corrected chi connectivity index (χ4v) is 4.98. The summed E-state index contributed by atoms with van der Waals surface area (Å²) in [6.45, 7) is 8.92. The molecule has 0 N–H and O–H groups in total. The number of amides is 1. The molecule has 5 rings (SSSR count). The van der Waals surface area contributed by atoms with Crippen LogP contribution in [0.1, 0.15) is 39.3 Å². The van der Waals surface area contributed by atoms with E-state index in [1.165, 1.54) is 6.07 Å². The molecule has 2 fully saturated rings. The minimum Gasteiger partial charge on any atom is -0.441 e. The van der Waals surface area contributed by atoms with E-state index in [9.17, 15) is 9.18 Å². The first-order valence-electron chi connectivity index (χ1n) is 11.3. The number of hydrogen-bond acceptors (Lipinski definition) is 4. The van der Waals surface area contributed by atoms with Crippen molar-refractivity contribution in [3.63, 3.8) is 0 Å². The highest BCUT2D eigenvalue weighted by molar-refractivity contribution is 6.31. The molecule has 0 aliphatic carbocycles. The second-order valence-corrected chi connectivity index (χ2v) is 10.5. The predicted molar refractivity (Wildman–Crippen MR) is 127 cm³/mol. The van der Waals surface area contributed by atoms with Crippen molar-refractivity contribution in [3.8, 4) is 0 Å². The molecule has 2 aliphatic heterocycles. The maximum Gasteiger partial charge on any atom is 0.415 e. The van der Waals surface area contributed by atoms with E-state index in [-0.39, 0.29) is 16.7 Å². The zero-order valence-electron chi connectivity index (χ0n) is 19.1. The molecule has 1 amide bonds. The minimum absolute atomic E-state index is 0.105. The number of aromatic nitrogens is 2. The summed E-state index contributed by atoms with van der Waals surface area (Å²) in [5.41, 5.74) is 1.75. The van der Waals surface area contributed by atoms with Gasteiger partial charge >= 0.3 is 6.09 Å². The van der Waals surface area contributed by atoms with Gasteiger partial charge < -0.3 is 4.74 Å². The minimum atomic E-state index is -0.456. The zero-order valence-corrected chi connectivity index (χ0v) is 19.9. The Bertz CT molecular complexity index is 1200. The summed E-state index contributed by atoms with van der Waals surface area (Å²) in [7, 11) is 0. The maximum atomic E-state index is 14.2. The van der Waals surface area contributed by atoms with Crippen molar-refractivity contribution in [2.45, 2.75) is 51.3 Å². The summed E-state index contributed by atoms with van der Waals surface area (Å²) in [6, 6.07) is 12.8. The number of fused-ring (bicyclic) bond motifs is 1. The van der Waals surface area contributed by atoms with Crippen LogP contribution in [0.4, 0.5) is 14.9 Å². The van der Waals surface area contributed by atoms with Gasteiger partial charge in [0, 0.05) is 49.6 Å². The maximum absolute atomic E-state index is 14.2. The van der Waals surface area contributed by atoms with Gasteiger partial charge in [-0.3, -0.25) is 14.5 Å². The van der Waals surface area contributed by atoms with Crippen LogP contribution in [-0.4, -0.2) is 46.0 Å². The quantitative estimate of drug-likeness (QED) is 0.501. The van der Waals surface area contributed by atoms with Gasteiger partial charge in [0.2, 0.25) is 0 Å². The first-order valence-corrected chi connectivity index (χ1v) is 11.7. The van der Waals surface area contributed by atoms with Gasteiger partial charge in [0.15, 0.2) is 0 Å². The smallest absolute Gasteiger partial charge is 0.415 e. The first-order chi connectivity index (χ1) is 15.7. The lowest BCUT2D eigenvalue weighted by Gasteiger charge is -2.37. The summed E-state index contributed by atoms with van der Waals surface area (Å²) < 4.78 is 22.0. The van der Waals surface area contributed by atoms with E-state index in [4.69, 9.17) is 21.4 Å². The Morgan fingerprint density at radius 1 is 1.15 bits per heavy atom. The molecular weight excluding hydrogens is 443 g/mol. The van der Waals surface area contributed by atoms with E-state index in [0.29, 0.717) is 13.1 Å². The van der Waals surface area contributed by atoms with E-state index < -0.39 is 11.4 Å². The Hall–Kier alpha value is -2.64. The van der Waals surface area contributed by atoms with Crippen LogP contribution in [0.15, 0.2) is 42.5 Å². The fraction of sp³-hybridized carbons (Fsp3) is 0.440. The molecule has 1 spiro atoms. The number of anilines is 1. The molecule has 3 aromatic rings. The average molecular weight is 471 g/mol. The molecular formula is C25H28ClFN4O2. The molecule has 0 saturated carbocycles. The van der Waals surface area contributed by atoms with Gasteiger partial charge in [0.1, 0.15) is 11.4 Å². The molecule has 8 heteroatoms. The van der Waals surface area contributed by atoms with Crippen LogP contribution in [0.25, 0.3) is 10.9 Å². The third kappa shape index (κ3) is 4.08. The van der Waals surface area contributed by atoms with Gasteiger partial charge in [0.25, 0.3) is 0 Å². The molecule has 6 nitrogen and oxygen atoms in total. The number of ether oxygens (including phenoxy) is 1. The number of hydrogen-bond donors (Lipinski definition) is 0. The number of benzene rings is 2. The number of likely N-dealkylation sites (tertiary alicyclic amines) is 1. The SMILES string of the molecule is CC(C)(C)n1nc(CN2CCC3(CC2)CN(c2ccccc2)C(=O)O3)c2cc(Cl)c(F)cc21. The van der Waals surface area contributed by atoms with E-state index in [0.717, 1.165) is 48.2 Å². The molecule has 33 heavy (non-hydrogen) atoms. The third-order valence-electron chi connectivity index (χ3n) is 6.61. The molecule has 2 aliphatic rings. The standard InChI is InChI=1S/C25H28ClFN4O2/c1-24(2,3)31-22-14-20(27)19(26)13-18(22)21(28-31)15-29-11-9-25(10-12-29)16-30(23(32)33-25)17-7-5-4-6-8-17/h4-8,13-14H,9-12,15-16H2,1-3H3. The lowest BCUT2D eigenvalue weighted by Crippen LogP contribution is -2.46. The number of halogens is 2. The normalized spacial score (nSPS) is 18.9.